The molecule has 0 saturated heterocycles. The van der Waals surface area contributed by atoms with Crippen LogP contribution >= 0.6 is 15.6 Å². The molecule has 0 bridgehead atoms. The first-order valence-electron chi connectivity index (χ1n) is 41.6. The molecular formula is C80H156O17P2. The summed E-state index contributed by atoms with van der Waals surface area (Å²) in [6, 6.07) is 0. The van der Waals surface area contributed by atoms with Crippen LogP contribution in [0.25, 0.3) is 0 Å². The fourth-order valence-corrected chi connectivity index (χ4v) is 14.0. The highest BCUT2D eigenvalue weighted by atomic mass is 31.2. The number of ether oxygens (including phenoxy) is 4. The second-order valence-electron chi connectivity index (χ2n) is 29.3. The van der Waals surface area contributed by atoms with Crippen LogP contribution in [0.15, 0.2) is 0 Å². The molecule has 3 N–H and O–H groups in total. The molecule has 0 aliphatic carbocycles. The average Bonchev–Trinajstić information content (AvgIpc) is 1.04. The Hall–Kier alpha value is -1.94. The molecule has 0 rings (SSSR count). The Labute approximate surface area is 607 Å². The van der Waals surface area contributed by atoms with Crippen LogP contribution in [-0.4, -0.2) is 96.7 Å². The van der Waals surface area contributed by atoms with Crippen LogP contribution in [-0.2, 0) is 65.4 Å². The highest BCUT2D eigenvalue weighted by molar-refractivity contribution is 7.47. The largest absolute Gasteiger partial charge is 0.472 e. The van der Waals surface area contributed by atoms with Crippen molar-refractivity contribution >= 4 is 39.5 Å². The second kappa shape index (κ2) is 73.0. The summed E-state index contributed by atoms with van der Waals surface area (Å²) in [5, 5.41) is 10.6. The van der Waals surface area contributed by atoms with Gasteiger partial charge in [-0.3, -0.25) is 37.3 Å². The smallest absolute Gasteiger partial charge is 0.462 e. The lowest BCUT2D eigenvalue weighted by atomic mass is 10.0. The Balaban J connectivity index is 5.22. The number of unbranched alkanes of at least 4 members (excludes halogenated alkanes) is 52. The van der Waals surface area contributed by atoms with E-state index in [2.05, 4.69) is 34.6 Å². The number of hydrogen-bond donors (Lipinski definition) is 3. The molecule has 17 nitrogen and oxygen atoms in total. The Morgan fingerprint density at radius 2 is 0.465 bits per heavy atom. The van der Waals surface area contributed by atoms with E-state index in [9.17, 15) is 43.2 Å². The SMILES string of the molecule is CCCCCCCCCCCCCCCCCCCCC(=O)O[C@H](COC(=O)CCCCCCCCCCCCCCCCCCC)COP(=O)(O)OC[C@@H](O)COP(=O)(O)OC[C@@H](COC(=O)CCCCCCCCC(C)C)OC(=O)CCCCCCCCCCCCCCCCC. The zero-order valence-corrected chi connectivity index (χ0v) is 66.4. The molecule has 0 radical (unpaired) electrons. The van der Waals surface area contributed by atoms with E-state index in [1.807, 2.05) is 0 Å². The predicted octanol–water partition coefficient (Wildman–Crippen LogP) is 24.0. The van der Waals surface area contributed by atoms with Gasteiger partial charge in [0.05, 0.1) is 26.4 Å². The van der Waals surface area contributed by atoms with Gasteiger partial charge in [-0.2, -0.15) is 0 Å². The van der Waals surface area contributed by atoms with E-state index in [1.54, 1.807) is 0 Å². The van der Waals surface area contributed by atoms with Gasteiger partial charge < -0.3 is 33.8 Å². The standard InChI is InChI=1S/C80H156O17P2/c1-6-9-12-15-18-21-24-27-30-32-34-37-40-43-46-49-56-61-65-79(84)96-75(69-90-77(82)63-58-53-47-44-41-38-36-33-31-28-25-22-19-16-13-10-7-2)71-94-98(86,87)92-67-74(81)68-93-99(88,89)95-72-76(70-91-78(83)64-59-54-51-50-52-57-62-73(4)5)97-80(85)66-60-55-48-45-42-39-35-29-26-23-20-17-14-11-8-3/h73-76,81H,6-72H2,1-5H3,(H,86,87)(H,88,89)/t74-,75-,76-/m1/s1. The van der Waals surface area contributed by atoms with Gasteiger partial charge in [-0.25, -0.2) is 9.13 Å². The zero-order valence-electron chi connectivity index (χ0n) is 64.6. The van der Waals surface area contributed by atoms with Gasteiger partial charge in [0.25, 0.3) is 0 Å². The fraction of sp³-hybridized carbons (Fsp3) is 0.950. The van der Waals surface area contributed by atoms with E-state index >= 15 is 0 Å². The fourth-order valence-electron chi connectivity index (χ4n) is 12.4. The molecule has 0 spiro atoms. The highest BCUT2D eigenvalue weighted by Gasteiger charge is 2.30. The van der Waals surface area contributed by atoms with Crippen molar-refractivity contribution in [3.8, 4) is 0 Å². The number of carbonyl (C=O) groups excluding carboxylic acids is 4. The molecule has 2 unspecified atom stereocenters. The summed E-state index contributed by atoms with van der Waals surface area (Å²) in [7, 11) is -9.92. The summed E-state index contributed by atoms with van der Waals surface area (Å²) in [5.74, 6) is -1.43. The van der Waals surface area contributed by atoms with E-state index < -0.39 is 97.5 Å². The Kier molecular flexibility index (Phi) is 71.6. The molecule has 0 fully saturated rings. The minimum Gasteiger partial charge on any atom is -0.462 e. The molecule has 0 aromatic rings. The molecule has 0 aliphatic heterocycles. The molecule has 5 atom stereocenters. The Morgan fingerprint density at radius 3 is 0.687 bits per heavy atom. The number of phosphoric acid groups is 2. The lowest BCUT2D eigenvalue weighted by molar-refractivity contribution is -0.161. The zero-order chi connectivity index (χ0) is 72.7. The maximum Gasteiger partial charge on any atom is 0.472 e. The van der Waals surface area contributed by atoms with E-state index in [4.69, 9.17) is 37.0 Å². The third-order valence-corrected chi connectivity index (χ3v) is 20.7. The predicted molar refractivity (Wildman–Crippen MR) is 405 cm³/mol. The first-order valence-corrected chi connectivity index (χ1v) is 44.6. The molecule has 0 aliphatic rings. The highest BCUT2D eigenvalue weighted by Crippen LogP contribution is 2.45. The van der Waals surface area contributed by atoms with Crippen LogP contribution in [0.4, 0.5) is 0 Å². The molecule has 0 aromatic heterocycles. The van der Waals surface area contributed by atoms with Gasteiger partial charge in [0.2, 0.25) is 0 Å². The number of aliphatic hydroxyl groups is 1. The summed E-state index contributed by atoms with van der Waals surface area (Å²) in [6.45, 7) is 7.25. The summed E-state index contributed by atoms with van der Waals surface area (Å²) in [6.07, 6.45) is 64.0. The maximum absolute atomic E-state index is 13.1. The van der Waals surface area contributed by atoms with E-state index in [0.29, 0.717) is 31.6 Å². The van der Waals surface area contributed by atoms with Crippen molar-refractivity contribution in [2.45, 2.75) is 445 Å². The van der Waals surface area contributed by atoms with Gasteiger partial charge in [-0.05, 0) is 31.6 Å². The summed E-state index contributed by atoms with van der Waals surface area (Å²) in [5.41, 5.74) is 0. The molecule has 588 valence electrons. The summed E-state index contributed by atoms with van der Waals surface area (Å²) < 4.78 is 68.7. The lowest BCUT2D eigenvalue weighted by Gasteiger charge is -2.21. The van der Waals surface area contributed by atoms with Crippen molar-refractivity contribution in [1.29, 1.82) is 0 Å². The normalized spacial score (nSPS) is 13.9. The topological polar surface area (TPSA) is 237 Å². The van der Waals surface area contributed by atoms with Gasteiger partial charge in [0.1, 0.15) is 19.3 Å². The lowest BCUT2D eigenvalue weighted by Crippen LogP contribution is -2.30. The molecule has 0 heterocycles. The molecule has 99 heavy (non-hydrogen) atoms. The van der Waals surface area contributed by atoms with E-state index in [-0.39, 0.29) is 25.7 Å². The minimum atomic E-state index is -4.96. The summed E-state index contributed by atoms with van der Waals surface area (Å²) >= 11 is 0. The number of carbonyl (C=O) groups is 4. The number of rotatable bonds is 80. The third-order valence-electron chi connectivity index (χ3n) is 18.8. The maximum atomic E-state index is 13.1. The van der Waals surface area contributed by atoms with Crippen molar-refractivity contribution in [3.05, 3.63) is 0 Å². The van der Waals surface area contributed by atoms with Gasteiger partial charge in [-0.15, -0.1) is 0 Å². The van der Waals surface area contributed by atoms with Crippen LogP contribution < -0.4 is 0 Å². The quantitative estimate of drug-likeness (QED) is 0.0222. The van der Waals surface area contributed by atoms with Gasteiger partial charge in [0, 0.05) is 25.7 Å². The van der Waals surface area contributed by atoms with Crippen LogP contribution in [0.3, 0.4) is 0 Å². The van der Waals surface area contributed by atoms with Crippen molar-refractivity contribution in [3.63, 3.8) is 0 Å². The van der Waals surface area contributed by atoms with Crippen molar-refractivity contribution in [2.75, 3.05) is 39.6 Å². The van der Waals surface area contributed by atoms with Crippen LogP contribution in [0.2, 0.25) is 0 Å². The number of hydrogen-bond acceptors (Lipinski definition) is 15. The average molecular weight is 1450 g/mol. The third kappa shape index (κ3) is 74.1. The van der Waals surface area contributed by atoms with E-state index in [0.717, 1.165) is 96.3 Å². The van der Waals surface area contributed by atoms with Gasteiger partial charge in [-0.1, -0.05) is 375 Å². The van der Waals surface area contributed by atoms with Crippen LogP contribution in [0.1, 0.15) is 426 Å². The molecule has 0 amide bonds. The minimum absolute atomic E-state index is 0.107. The van der Waals surface area contributed by atoms with Crippen molar-refractivity contribution in [2.24, 2.45) is 5.92 Å². The van der Waals surface area contributed by atoms with Gasteiger partial charge in [0.15, 0.2) is 12.2 Å². The Bertz CT molecular complexity index is 1890. The Morgan fingerprint density at radius 1 is 0.273 bits per heavy atom. The van der Waals surface area contributed by atoms with Crippen molar-refractivity contribution in [1.82, 2.24) is 0 Å². The first kappa shape index (κ1) is 97.1. The summed E-state index contributed by atoms with van der Waals surface area (Å²) in [4.78, 5) is 73.0. The van der Waals surface area contributed by atoms with Gasteiger partial charge >= 0.3 is 39.5 Å². The monoisotopic (exact) mass is 1450 g/mol. The molecule has 19 heteroatoms. The molecule has 0 saturated carbocycles. The van der Waals surface area contributed by atoms with Crippen LogP contribution in [0, 0.1) is 5.92 Å². The first-order chi connectivity index (χ1) is 48.0. The number of esters is 4. The van der Waals surface area contributed by atoms with E-state index in [1.165, 1.54) is 244 Å². The van der Waals surface area contributed by atoms with Crippen LogP contribution in [0.5, 0.6) is 0 Å². The number of phosphoric ester groups is 2. The molecule has 0 aromatic carbocycles. The molecular weight excluding hydrogens is 1290 g/mol. The second-order valence-corrected chi connectivity index (χ2v) is 32.2. The van der Waals surface area contributed by atoms with Crippen molar-refractivity contribution < 1.29 is 80.2 Å². The number of aliphatic hydroxyl groups excluding tert-OH is 1.